The number of nitrogens with one attached hydrogen (secondary N) is 1. The largest absolute Gasteiger partial charge is 0.464 e. The van der Waals surface area contributed by atoms with Crippen LogP contribution in [0.1, 0.15) is 27.2 Å². The second-order valence-electron chi connectivity index (χ2n) is 4.40. The average Bonchev–Trinajstić information content (AvgIpc) is 2.37. The molecule has 1 rings (SSSR count). The van der Waals surface area contributed by atoms with Gasteiger partial charge in [-0.05, 0) is 27.3 Å². The molecule has 0 spiro atoms. The van der Waals surface area contributed by atoms with Gasteiger partial charge in [0.2, 0.25) is 11.9 Å². The Hall–Kier alpha value is -1.63. The van der Waals surface area contributed by atoms with E-state index in [9.17, 15) is 0 Å². The molecule has 0 fully saturated rings. The highest BCUT2D eigenvalue weighted by atomic mass is 16.5. The number of hydrogen-bond donors (Lipinski definition) is 2. The normalized spacial score (nSPS) is 12.5. The maximum atomic E-state index is 5.60. The first-order chi connectivity index (χ1) is 9.06. The number of aromatic nitrogens is 3. The average molecular weight is 268 g/mol. The van der Waals surface area contributed by atoms with E-state index in [2.05, 4.69) is 46.1 Å². The fourth-order valence-electron chi connectivity index (χ4n) is 1.52. The highest BCUT2D eigenvalue weighted by Gasteiger charge is 2.07. The predicted molar refractivity (Wildman–Crippen MR) is 76.3 cm³/mol. The maximum Gasteiger partial charge on any atom is 0.323 e. The Labute approximate surface area is 114 Å². The van der Waals surface area contributed by atoms with Crippen molar-refractivity contribution in [2.75, 3.05) is 37.8 Å². The smallest absolute Gasteiger partial charge is 0.323 e. The molecule has 108 valence electrons. The van der Waals surface area contributed by atoms with Gasteiger partial charge < -0.3 is 20.7 Å². The first kappa shape index (κ1) is 15.4. The minimum absolute atomic E-state index is 0.163. The molecule has 1 atom stereocenters. The number of nitrogens with zero attached hydrogens (tertiary/aromatic N) is 4. The van der Waals surface area contributed by atoms with Crippen molar-refractivity contribution in [3.8, 4) is 6.01 Å². The number of hydrogen-bond acceptors (Lipinski definition) is 7. The van der Waals surface area contributed by atoms with Crippen molar-refractivity contribution in [1.82, 2.24) is 19.9 Å². The fraction of sp³-hybridized carbons (Fsp3) is 0.750. The second-order valence-corrected chi connectivity index (χ2v) is 4.40. The van der Waals surface area contributed by atoms with Gasteiger partial charge in [-0.2, -0.15) is 15.0 Å². The van der Waals surface area contributed by atoms with E-state index in [1.807, 2.05) is 6.92 Å². The molecule has 0 aliphatic rings. The van der Waals surface area contributed by atoms with E-state index in [4.69, 9.17) is 10.5 Å². The van der Waals surface area contributed by atoms with Gasteiger partial charge in [-0.15, -0.1) is 0 Å². The summed E-state index contributed by atoms with van der Waals surface area (Å²) < 4.78 is 5.22. The summed E-state index contributed by atoms with van der Waals surface area (Å²) in [6.07, 6.45) is 1.13. The number of rotatable bonds is 8. The number of nitrogen functional groups attached to an aromatic ring is 1. The number of likely N-dealkylation sites (N-methyl/N-ethyl adjacent to an activating group) is 1. The fourth-order valence-corrected chi connectivity index (χ4v) is 1.52. The van der Waals surface area contributed by atoms with E-state index in [-0.39, 0.29) is 12.0 Å². The number of anilines is 2. The highest BCUT2D eigenvalue weighted by molar-refractivity contribution is 5.32. The molecule has 0 amide bonds. The summed E-state index contributed by atoms with van der Waals surface area (Å²) in [7, 11) is 2.10. The van der Waals surface area contributed by atoms with Crippen molar-refractivity contribution in [2.24, 2.45) is 0 Å². The third-order valence-electron chi connectivity index (χ3n) is 3.00. The lowest BCUT2D eigenvalue weighted by atomic mass is 10.2. The molecule has 0 bridgehead atoms. The van der Waals surface area contributed by atoms with Crippen molar-refractivity contribution in [3.63, 3.8) is 0 Å². The molecule has 0 saturated carbocycles. The summed E-state index contributed by atoms with van der Waals surface area (Å²) in [5.74, 6) is 0.615. The molecule has 1 aromatic heterocycles. The molecule has 19 heavy (non-hydrogen) atoms. The molecule has 0 saturated heterocycles. The van der Waals surface area contributed by atoms with Gasteiger partial charge in [0.1, 0.15) is 0 Å². The zero-order valence-electron chi connectivity index (χ0n) is 12.2. The van der Waals surface area contributed by atoms with Crippen LogP contribution in [0.2, 0.25) is 0 Å². The maximum absolute atomic E-state index is 5.60. The quantitative estimate of drug-likeness (QED) is 0.726. The Morgan fingerprint density at radius 1 is 1.32 bits per heavy atom. The van der Waals surface area contributed by atoms with Gasteiger partial charge in [0, 0.05) is 19.1 Å². The third-order valence-corrected chi connectivity index (χ3v) is 3.00. The minimum atomic E-state index is 0.163. The molecular formula is C12H24N6O. The van der Waals surface area contributed by atoms with Crippen molar-refractivity contribution in [3.05, 3.63) is 0 Å². The third kappa shape index (κ3) is 5.25. The molecule has 0 aliphatic heterocycles. The molecule has 1 aromatic rings. The van der Waals surface area contributed by atoms with Gasteiger partial charge in [-0.25, -0.2) is 0 Å². The van der Waals surface area contributed by atoms with Crippen molar-refractivity contribution < 1.29 is 4.74 Å². The van der Waals surface area contributed by atoms with E-state index in [0.717, 1.165) is 19.5 Å². The molecule has 7 nitrogen and oxygen atoms in total. The minimum Gasteiger partial charge on any atom is -0.464 e. The Morgan fingerprint density at radius 2 is 2.05 bits per heavy atom. The Kier molecular flexibility index (Phi) is 6.27. The molecule has 1 unspecified atom stereocenters. The summed E-state index contributed by atoms with van der Waals surface area (Å²) in [5, 5.41) is 3.13. The van der Waals surface area contributed by atoms with Crippen LogP contribution in [-0.4, -0.2) is 52.6 Å². The van der Waals surface area contributed by atoms with E-state index in [1.54, 1.807) is 0 Å². The Morgan fingerprint density at radius 3 is 2.68 bits per heavy atom. The molecule has 0 aliphatic carbocycles. The van der Waals surface area contributed by atoms with Crippen LogP contribution in [0.4, 0.5) is 11.9 Å². The summed E-state index contributed by atoms with van der Waals surface area (Å²) in [5.41, 5.74) is 5.60. The Bertz CT molecular complexity index is 386. The molecule has 3 N–H and O–H groups in total. The number of nitrogens with two attached hydrogens (primary N) is 1. The van der Waals surface area contributed by atoms with Crippen LogP contribution in [0.25, 0.3) is 0 Å². The van der Waals surface area contributed by atoms with Crippen LogP contribution >= 0.6 is 0 Å². The van der Waals surface area contributed by atoms with Gasteiger partial charge in [0.25, 0.3) is 0 Å². The van der Waals surface area contributed by atoms with Crippen LogP contribution < -0.4 is 15.8 Å². The number of ether oxygens (including phenoxy) is 1. The van der Waals surface area contributed by atoms with Crippen LogP contribution in [0.5, 0.6) is 6.01 Å². The van der Waals surface area contributed by atoms with Gasteiger partial charge >= 0.3 is 6.01 Å². The lowest BCUT2D eigenvalue weighted by molar-refractivity contribution is 0.261. The summed E-state index contributed by atoms with van der Waals surface area (Å²) in [4.78, 5) is 14.3. The van der Waals surface area contributed by atoms with Crippen LogP contribution in [0, 0.1) is 0 Å². The molecular weight excluding hydrogens is 244 g/mol. The monoisotopic (exact) mass is 268 g/mol. The molecule has 0 radical (unpaired) electrons. The van der Waals surface area contributed by atoms with Gasteiger partial charge in [0.05, 0.1) is 6.61 Å². The zero-order chi connectivity index (χ0) is 14.3. The second kappa shape index (κ2) is 7.73. The van der Waals surface area contributed by atoms with Crippen molar-refractivity contribution in [2.45, 2.75) is 33.2 Å². The summed E-state index contributed by atoms with van der Waals surface area (Å²) in [6, 6.07) is 0.817. The van der Waals surface area contributed by atoms with E-state index in [0.29, 0.717) is 18.6 Å². The topological polar surface area (TPSA) is 89.2 Å². The zero-order valence-corrected chi connectivity index (χ0v) is 12.2. The highest BCUT2D eigenvalue weighted by Crippen LogP contribution is 2.08. The van der Waals surface area contributed by atoms with E-state index < -0.39 is 0 Å². The van der Waals surface area contributed by atoms with Gasteiger partial charge in [0.15, 0.2) is 0 Å². The first-order valence-electron chi connectivity index (χ1n) is 6.65. The molecule has 7 heteroatoms. The van der Waals surface area contributed by atoms with E-state index in [1.165, 1.54) is 0 Å². The molecule has 1 heterocycles. The SMILES string of the molecule is CCOc1nc(N)nc(NCCN(C)C(C)CC)n1. The van der Waals surface area contributed by atoms with Gasteiger partial charge in [-0.1, -0.05) is 6.92 Å². The van der Waals surface area contributed by atoms with Gasteiger partial charge in [-0.3, -0.25) is 0 Å². The molecule has 0 aromatic carbocycles. The van der Waals surface area contributed by atoms with Crippen LogP contribution in [-0.2, 0) is 0 Å². The Balaban J connectivity index is 2.48. The lowest BCUT2D eigenvalue weighted by Crippen LogP contribution is -2.33. The standard InChI is InChI=1S/C12H24N6O/c1-5-9(3)18(4)8-7-14-11-15-10(13)16-12(17-11)19-6-2/h9H,5-8H2,1-4H3,(H3,13,14,15,16,17). The summed E-state index contributed by atoms with van der Waals surface area (Å²) in [6.45, 7) is 8.40. The van der Waals surface area contributed by atoms with Crippen LogP contribution in [0.15, 0.2) is 0 Å². The van der Waals surface area contributed by atoms with Crippen molar-refractivity contribution >= 4 is 11.9 Å². The van der Waals surface area contributed by atoms with Crippen LogP contribution in [0.3, 0.4) is 0 Å². The van der Waals surface area contributed by atoms with E-state index >= 15 is 0 Å². The predicted octanol–water partition coefficient (Wildman–Crippen LogP) is 0.995. The van der Waals surface area contributed by atoms with Crippen molar-refractivity contribution in [1.29, 1.82) is 0 Å². The first-order valence-corrected chi connectivity index (χ1v) is 6.65. The lowest BCUT2D eigenvalue weighted by Gasteiger charge is -2.23. The summed E-state index contributed by atoms with van der Waals surface area (Å²) >= 11 is 0.